The van der Waals surface area contributed by atoms with Gasteiger partial charge in [0.25, 0.3) is 0 Å². The molecule has 0 aliphatic carbocycles. The lowest BCUT2D eigenvalue weighted by Crippen LogP contribution is -2.45. The van der Waals surface area contributed by atoms with E-state index in [1.165, 1.54) is 116 Å². The molecule has 0 aromatic rings. The van der Waals surface area contributed by atoms with Gasteiger partial charge < -0.3 is 15.5 Å². The van der Waals surface area contributed by atoms with Crippen LogP contribution in [-0.2, 0) is 4.79 Å². The van der Waals surface area contributed by atoms with Crippen molar-refractivity contribution in [3.05, 3.63) is 0 Å². The Balaban J connectivity index is 3.59. The molecule has 0 aromatic carbocycles. The van der Waals surface area contributed by atoms with Crippen molar-refractivity contribution in [2.75, 3.05) is 6.61 Å². The first-order valence-electron chi connectivity index (χ1n) is 15.2. The summed E-state index contributed by atoms with van der Waals surface area (Å²) in [6, 6.07) is -0.525. The molecule has 0 radical (unpaired) electrons. The van der Waals surface area contributed by atoms with E-state index in [0.29, 0.717) is 12.8 Å². The molecule has 204 valence electrons. The van der Waals surface area contributed by atoms with Crippen LogP contribution in [0.25, 0.3) is 0 Å². The van der Waals surface area contributed by atoms with Crippen molar-refractivity contribution in [1.29, 1.82) is 0 Å². The molecule has 34 heavy (non-hydrogen) atoms. The summed E-state index contributed by atoms with van der Waals surface area (Å²) in [6.07, 6.45) is 28.5. The van der Waals surface area contributed by atoms with E-state index in [-0.39, 0.29) is 12.5 Å². The SMILES string of the molecule is CCCCCCCCCCCCCC(=O)NC(CO)C(O)CCCCCCCCCCCCC. The van der Waals surface area contributed by atoms with E-state index in [1.807, 2.05) is 0 Å². The van der Waals surface area contributed by atoms with Gasteiger partial charge in [-0.2, -0.15) is 0 Å². The van der Waals surface area contributed by atoms with Crippen molar-refractivity contribution in [1.82, 2.24) is 5.32 Å². The fourth-order valence-corrected chi connectivity index (χ4v) is 4.71. The number of amides is 1. The van der Waals surface area contributed by atoms with Crippen LogP contribution < -0.4 is 5.32 Å². The molecular weight excluding hydrogens is 422 g/mol. The molecule has 0 aliphatic heterocycles. The highest BCUT2D eigenvalue weighted by Crippen LogP contribution is 2.14. The van der Waals surface area contributed by atoms with Crippen LogP contribution in [0.15, 0.2) is 0 Å². The predicted molar refractivity (Wildman–Crippen MR) is 147 cm³/mol. The fourth-order valence-electron chi connectivity index (χ4n) is 4.71. The second-order valence-corrected chi connectivity index (χ2v) is 10.5. The highest BCUT2D eigenvalue weighted by molar-refractivity contribution is 5.76. The van der Waals surface area contributed by atoms with E-state index < -0.39 is 12.1 Å². The van der Waals surface area contributed by atoms with E-state index in [9.17, 15) is 15.0 Å². The summed E-state index contributed by atoms with van der Waals surface area (Å²) in [5, 5.41) is 22.8. The molecule has 0 saturated heterocycles. The summed E-state index contributed by atoms with van der Waals surface area (Å²) in [7, 11) is 0. The van der Waals surface area contributed by atoms with E-state index >= 15 is 0 Å². The number of aliphatic hydroxyl groups excluding tert-OH is 2. The number of unbranched alkanes of at least 4 members (excludes halogenated alkanes) is 20. The van der Waals surface area contributed by atoms with Crippen molar-refractivity contribution in [3.8, 4) is 0 Å². The number of carbonyl (C=O) groups excluding carboxylic acids is 1. The van der Waals surface area contributed by atoms with E-state index in [0.717, 1.165) is 25.7 Å². The smallest absolute Gasteiger partial charge is 0.220 e. The van der Waals surface area contributed by atoms with Crippen LogP contribution in [-0.4, -0.2) is 34.9 Å². The molecule has 2 atom stereocenters. The number of rotatable bonds is 27. The number of hydrogen-bond acceptors (Lipinski definition) is 3. The van der Waals surface area contributed by atoms with Gasteiger partial charge in [-0.25, -0.2) is 0 Å². The lowest BCUT2D eigenvalue weighted by molar-refractivity contribution is -0.123. The van der Waals surface area contributed by atoms with Crippen molar-refractivity contribution in [2.45, 2.75) is 180 Å². The van der Waals surface area contributed by atoms with Gasteiger partial charge in [0.1, 0.15) is 0 Å². The van der Waals surface area contributed by atoms with E-state index in [1.54, 1.807) is 0 Å². The van der Waals surface area contributed by atoms with E-state index in [4.69, 9.17) is 0 Å². The van der Waals surface area contributed by atoms with Gasteiger partial charge >= 0.3 is 0 Å². The zero-order chi connectivity index (χ0) is 25.1. The molecule has 1 amide bonds. The minimum Gasteiger partial charge on any atom is -0.394 e. The maximum Gasteiger partial charge on any atom is 0.220 e. The minimum absolute atomic E-state index is 0.0343. The van der Waals surface area contributed by atoms with E-state index in [2.05, 4.69) is 19.2 Å². The molecule has 0 bridgehead atoms. The Morgan fingerprint density at radius 1 is 0.588 bits per heavy atom. The monoisotopic (exact) mass is 483 g/mol. The Morgan fingerprint density at radius 3 is 1.32 bits per heavy atom. The van der Waals surface area contributed by atoms with Gasteiger partial charge in [-0.1, -0.05) is 149 Å². The largest absolute Gasteiger partial charge is 0.394 e. The molecule has 0 aromatic heterocycles. The second-order valence-electron chi connectivity index (χ2n) is 10.5. The van der Waals surface area contributed by atoms with Gasteiger partial charge in [0.2, 0.25) is 5.91 Å². The summed E-state index contributed by atoms with van der Waals surface area (Å²) in [6.45, 7) is 4.32. The molecular formula is C30H61NO3. The first-order chi connectivity index (χ1) is 16.7. The maximum atomic E-state index is 12.2. The first-order valence-corrected chi connectivity index (χ1v) is 15.2. The summed E-state index contributed by atoms with van der Waals surface area (Å²) >= 11 is 0. The van der Waals surface area contributed by atoms with Crippen LogP contribution >= 0.6 is 0 Å². The van der Waals surface area contributed by atoms with Gasteiger partial charge in [0.15, 0.2) is 0 Å². The Kier molecular flexibility index (Phi) is 26.5. The second kappa shape index (κ2) is 27.0. The Bertz CT molecular complexity index is 416. The van der Waals surface area contributed by atoms with Gasteiger partial charge in [-0.15, -0.1) is 0 Å². The summed E-state index contributed by atoms with van der Waals surface area (Å²) in [5.41, 5.74) is 0. The molecule has 0 rings (SSSR count). The highest BCUT2D eigenvalue weighted by Gasteiger charge is 2.19. The number of hydrogen-bond donors (Lipinski definition) is 3. The quantitative estimate of drug-likeness (QED) is 0.103. The molecule has 2 unspecified atom stereocenters. The fraction of sp³-hybridized carbons (Fsp3) is 0.967. The molecule has 3 N–H and O–H groups in total. The molecule has 0 fully saturated rings. The zero-order valence-corrected chi connectivity index (χ0v) is 23.1. The van der Waals surface area contributed by atoms with Gasteiger partial charge in [0, 0.05) is 6.42 Å². The Labute approximate surface area is 213 Å². The topological polar surface area (TPSA) is 69.6 Å². The Hall–Kier alpha value is -0.610. The highest BCUT2D eigenvalue weighted by atomic mass is 16.3. The van der Waals surface area contributed by atoms with Crippen LogP contribution in [0.3, 0.4) is 0 Å². The van der Waals surface area contributed by atoms with Crippen molar-refractivity contribution < 1.29 is 15.0 Å². The maximum absolute atomic E-state index is 12.2. The average molecular weight is 484 g/mol. The normalized spacial score (nSPS) is 13.2. The standard InChI is InChI=1S/C30H61NO3/c1-3-5-7-9-11-13-15-17-19-21-23-25-29(33)28(27-32)31-30(34)26-24-22-20-18-16-14-12-10-8-6-4-2/h28-29,32-33H,3-27H2,1-2H3,(H,31,34). The van der Waals surface area contributed by atoms with Crippen molar-refractivity contribution in [2.24, 2.45) is 0 Å². The molecule has 0 saturated carbocycles. The van der Waals surface area contributed by atoms with Gasteiger partial charge in [0.05, 0.1) is 18.8 Å². The first kappa shape index (κ1) is 33.4. The van der Waals surface area contributed by atoms with Gasteiger partial charge in [-0.05, 0) is 12.8 Å². The third-order valence-corrected chi connectivity index (χ3v) is 7.12. The van der Waals surface area contributed by atoms with Crippen LogP contribution in [0.1, 0.15) is 168 Å². The third kappa shape index (κ3) is 23.1. The Morgan fingerprint density at radius 2 is 0.941 bits per heavy atom. The lowest BCUT2D eigenvalue weighted by atomic mass is 10.0. The number of carbonyl (C=O) groups is 1. The average Bonchev–Trinajstić information content (AvgIpc) is 2.84. The third-order valence-electron chi connectivity index (χ3n) is 7.12. The van der Waals surface area contributed by atoms with Crippen LogP contribution in [0, 0.1) is 0 Å². The van der Waals surface area contributed by atoms with Crippen LogP contribution in [0.5, 0.6) is 0 Å². The summed E-state index contributed by atoms with van der Waals surface area (Å²) in [4.78, 5) is 12.2. The summed E-state index contributed by atoms with van der Waals surface area (Å²) in [5.74, 6) is -0.0343. The predicted octanol–water partition coefficient (Wildman–Crippen LogP) is 8.23. The van der Waals surface area contributed by atoms with Gasteiger partial charge in [-0.3, -0.25) is 4.79 Å². The summed E-state index contributed by atoms with van der Waals surface area (Å²) < 4.78 is 0. The molecule has 0 aliphatic rings. The molecule has 4 nitrogen and oxygen atoms in total. The number of aliphatic hydroxyl groups is 2. The van der Waals surface area contributed by atoms with Crippen LogP contribution in [0.4, 0.5) is 0 Å². The zero-order valence-electron chi connectivity index (χ0n) is 23.1. The molecule has 0 heterocycles. The molecule has 4 heteroatoms. The lowest BCUT2D eigenvalue weighted by Gasteiger charge is -2.22. The molecule has 0 spiro atoms. The van der Waals surface area contributed by atoms with Crippen molar-refractivity contribution in [3.63, 3.8) is 0 Å². The minimum atomic E-state index is -0.648. The number of nitrogens with one attached hydrogen (secondary N) is 1. The van der Waals surface area contributed by atoms with Crippen molar-refractivity contribution >= 4 is 5.91 Å². The van der Waals surface area contributed by atoms with Crippen LogP contribution in [0.2, 0.25) is 0 Å².